The Hall–Kier alpha value is -0.920. The van der Waals surface area contributed by atoms with Crippen molar-refractivity contribution in [2.24, 2.45) is 11.1 Å². The first-order chi connectivity index (χ1) is 8.70. The van der Waals surface area contributed by atoms with Crippen LogP contribution in [0.25, 0.3) is 0 Å². The number of nitrogens with one attached hydrogen (secondary N) is 2. The summed E-state index contributed by atoms with van der Waals surface area (Å²) in [6.45, 7) is 8.31. The highest BCUT2D eigenvalue weighted by Crippen LogP contribution is 2.23. The van der Waals surface area contributed by atoms with Crippen LogP contribution in [0.2, 0.25) is 0 Å². The summed E-state index contributed by atoms with van der Waals surface area (Å²) in [7, 11) is -3.58. The van der Waals surface area contributed by atoms with Crippen molar-refractivity contribution in [1.29, 1.82) is 0 Å². The number of aryl methyl sites for hydroxylation is 1. The molecule has 0 spiro atoms. The number of aromatic nitrogens is 2. The zero-order chi connectivity index (χ0) is 14.7. The lowest BCUT2D eigenvalue weighted by molar-refractivity contribution is 0.287. The number of rotatable bonds is 6. The quantitative estimate of drug-likeness (QED) is 0.727. The molecule has 4 N–H and O–H groups in total. The summed E-state index contributed by atoms with van der Waals surface area (Å²) in [4.78, 5) is 6.83. The predicted octanol–water partition coefficient (Wildman–Crippen LogP) is 1.01. The highest BCUT2D eigenvalue weighted by Gasteiger charge is 2.29. The summed E-state index contributed by atoms with van der Waals surface area (Å²) in [5.74, 6) is 0.659. The summed E-state index contributed by atoms with van der Waals surface area (Å²) in [5.41, 5.74) is 5.36. The van der Waals surface area contributed by atoms with Crippen LogP contribution in [0, 0.1) is 5.41 Å². The maximum Gasteiger partial charge on any atom is 0.257 e. The van der Waals surface area contributed by atoms with E-state index in [-0.39, 0.29) is 16.5 Å². The molecule has 1 rings (SSSR count). The second kappa shape index (κ2) is 6.02. The van der Waals surface area contributed by atoms with Gasteiger partial charge in [-0.05, 0) is 18.4 Å². The lowest BCUT2D eigenvalue weighted by Gasteiger charge is -2.30. The van der Waals surface area contributed by atoms with Crippen LogP contribution in [-0.2, 0) is 16.4 Å². The number of aromatic amines is 1. The molecule has 6 nitrogen and oxygen atoms in total. The number of sulfonamides is 1. The summed E-state index contributed by atoms with van der Waals surface area (Å²) in [6.07, 6.45) is 2.61. The minimum Gasteiger partial charge on any atom is -0.332 e. The zero-order valence-electron chi connectivity index (χ0n) is 12.0. The lowest BCUT2D eigenvalue weighted by atomic mass is 9.85. The van der Waals surface area contributed by atoms with E-state index in [9.17, 15) is 8.42 Å². The highest BCUT2D eigenvalue weighted by molar-refractivity contribution is 7.89. The Morgan fingerprint density at radius 1 is 1.47 bits per heavy atom. The molecular formula is C12H24N4O2S. The van der Waals surface area contributed by atoms with Gasteiger partial charge in [0.2, 0.25) is 0 Å². The van der Waals surface area contributed by atoms with E-state index in [1.807, 2.05) is 27.7 Å². The molecule has 1 unspecified atom stereocenters. The van der Waals surface area contributed by atoms with E-state index in [1.165, 1.54) is 6.20 Å². The second-order valence-electron chi connectivity index (χ2n) is 5.66. The molecule has 110 valence electrons. The van der Waals surface area contributed by atoms with Gasteiger partial charge >= 0.3 is 0 Å². The Kier molecular flexibility index (Phi) is 5.11. The summed E-state index contributed by atoms with van der Waals surface area (Å²) in [5, 5.41) is 0.107. The van der Waals surface area contributed by atoms with Crippen LogP contribution in [0.4, 0.5) is 0 Å². The van der Waals surface area contributed by atoms with Gasteiger partial charge < -0.3 is 10.7 Å². The Morgan fingerprint density at radius 3 is 2.53 bits per heavy atom. The fourth-order valence-corrected chi connectivity index (χ4v) is 3.16. The van der Waals surface area contributed by atoms with Crippen LogP contribution in [0.15, 0.2) is 11.2 Å². The van der Waals surface area contributed by atoms with Crippen molar-refractivity contribution in [2.45, 2.75) is 51.6 Å². The largest absolute Gasteiger partial charge is 0.332 e. The van der Waals surface area contributed by atoms with E-state index in [4.69, 9.17) is 5.73 Å². The number of nitrogens with zero attached hydrogens (tertiary/aromatic N) is 1. The number of H-pyrrole nitrogens is 1. The average Bonchev–Trinajstić information content (AvgIpc) is 2.76. The van der Waals surface area contributed by atoms with Gasteiger partial charge in [-0.1, -0.05) is 27.7 Å². The highest BCUT2D eigenvalue weighted by atomic mass is 32.2. The molecule has 0 radical (unpaired) electrons. The minimum atomic E-state index is -3.58. The number of hydrogen-bond donors (Lipinski definition) is 3. The molecule has 0 amide bonds. The molecule has 0 saturated carbocycles. The number of nitrogens with two attached hydrogens (primary N) is 1. The van der Waals surface area contributed by atoms with Gasteiger partial charge in [0.25, 0.3) is 10.0 Å². The Labute approximate surface area is 115 Å². The van der Waals surface area contributed by atoms with Crippen molar-refractivity contribution in [2.75, 3.05) is 6.54 Å². The minimum absolute atomic E-state index is 0.107. The molecule has 1 atom stereocenters. The normalized spacial score (nSPS) is 14.6. The summed E-state index contributed by atoms with van der Waals surface area (Å²) in [6, 6.07) is -0.212. The second-order valence-corrected chi connectivity index (χ2v) is 7.35. The maximum absolute atomic E-state index is 12.3. The van der Waals surface area contributed by atoms with Gasteiger partial charge in [0.1, 0.15) is 5.82 Å². The monoisotopic (exact) mass is 288 g/mol. The van der Waals surface area contributed by atoms with Gasteiger partial charge in [0, 0.05) is 12.5 Å². The summed E-state index contributed by atoms with van der Waals surface area (Å²) >= 11 is 0. The van der Waals surface area contributed by atoms with Crippen molar-refractivity contribution in [3.63, 3.8) is 0 Å². The van der Waals surface area contributed by atoms with Crippen LogP contribution < -0.4 is 10.5 Å². The van der Waals surface area contributed by atoms with Crippen LogP contribution in [0.1, 0.15) is 39.9 Å². The van der Waals surface area contributed by atoms with E-state index in [1.54, 1.807) is 0 Å². The summed E-state index contributed by atoms with van der Waals surface area (Å²) < 4.78 is 27.2. The van der Waals surface area contributed by atoms with Crippen molar-refractivity contribution < 1.29 is 8.42 Å². The smallest absolute Gasteiger partial charge is 0.257 e. The average molecular weight is 288 g/mol. The molecule has 7 heteroatoms. The van der Waals surface area contributed by atoms with Crippen LogP contribution >= 0.6 is 0 Å². The van der Waals surface area contributed by atoms with Gasteiger partial charge in [-0.15, -0.1) is 0 Å². The molecule has 0 aliphatic heterocycles. The number of hydrogen-bond acceptors (Lipinski definition) is 4. The molecule has 0 aliphatic carbocycles. The molecule has 0 saturated heterocycles. The third-order valence-corrected chi connectivity index (χ3v) is 4.41. The first kappa shape index (κ1) is 16.1. The predicted molar refractivity (Wildman–Crippen MR) is 75.2 cm³/mol. The van der Waals surface area contributed by atoms with E-state index < -0.39 is 10.0 Å². The topological polar surface area (TPSA) is 101 Å². The van der Waals surface area contributed by atoms with Crippen molar-refractivity contribution in [3.05, 3.63) is 12.0 Å². The van der Waals surface area contributed by atoms with Crippen LogP contribution in [-0.4, -0.2) is 31.0 Å². The lowest BCUT2D eigenvalue weighted by Crippen LogP contribution is -2.44. The molecule has 1 heterocycles. The van der Waals surface area contributed by atoms with Gasteiger partial charge in [0.15, 0.2) is 5.03 Å². The van der Waals surface area contributed by atoms with Crippen LogP contribution in [0.5, 0.6) is 0 Å². The molecule has 1 aromatic heterocycles. The third-order valence-electron chi connectivity index (χ3n) is 3.03. The maximum atomic E-state index is 12.3. The molecular weight excluding hydrogens is 264 g/mol. The van der Waals surface area contributed by atoms with Gasteiger partial charge in [-0.25, -0.2) is 18.1 Å². The first-order valence-corrected chi connectivity index (χ1v) is 7.95. The molecule has 0 fully saturated rings. The number of imidazole rings is 1. The van der Waals surface area contributed by atoms with E-state index in [0.29, 0.717) is 25.2 Å². The standard InChI is InChI=1S/C12H24N4O2S/c1-5-10-14-8-11(15-10)19(17,18)16-9(6-7-13)12(2,3)4/h8-9,16H,5-7,13H2,1-4H3,(H,14,15). The van der Waals surface area contributed by atoms with E-state index >= 15 is 0 Å². The zero-order valence-corrected chi connectivity index (χ0v) is 12.8. The fraction of sp³-hybridized carbons (Fsp3) is 0.750. The molecule has 0 bridgehead atoms. The Bertz CT molecular complexity index is 502. The van der Waals surface area contributed by atoms with E-state index in [2.05, 4.69) is 14.7 Å². The SMILES string of the molecule is CCc1ncc(S(=O)(=O)NC(CCN)C(C)(C)C)[nH]1. The van der Waals surface area contributed by atoms with Crippen molar-refractivity contribution >= 4 is 10.0 Å². The van der Waals surface area contributed by atoms with E-state index in [0.717, 1.165) is 0 Å². The van der Waals surface area contributed by atoms with Gasteiger partial charge in [-0.3, -0.25) is 0 Å². The van der Waals surface area contributed by atoms with Gasteiger partial charge in [-0.2, -0.15) is 0 Å². The fourth-order valence-electron chi connectivity index (χ4n) is 1.75. The van der Waals surface area contributed by atoms with Gasteiger partial charge in [0.05, 0.1) is 6.20 Å². The molecule has 19 heavy (non-hydrogen) atoms. The Balaban J connectivity index is 2.94. The third kappa shape index (κ3) is 4.29. The molecule has 0 aliphatic rings. The van der Waals surface area contributed by atoms with Crippen molar-refractivity contribution in [3.8, 4) is 0 Å². The van der Waals surface area contributed by atoms with Crippen molar-refractivity contribution in [1.82, 2.24) is 14.7 Å². The molecule has 0 aromatic carbocycles. The van der Waals surface area contributed by atoms with Crippen LogP contribution in [0.3, 0.4) is 0 Å². The Morgan fingerprint density at radius 2 is 2.11 bits per heavy atom. The molecule has 1 aromatic rings. The first-order valence-electron chi connectivity index (χ1n) is 6.47.